The first-order chi connectivity index (χ1) is 14.5. The molecule has 1 aliphatic rings. The molecule has 5 nitrogen and oxygen atoms in total. The van der Waals surface area contributed by atoms with Gasteiger partial charge in [0.25, 0.3) is 5.91 Å². The number of fused-ring (bicyclic) bond motifs is 1. The molecule has 0 radical (unpaired) electrons. The number of aromatic nitrogens is 1. The van der Waals surface area contributed by atoms with Crippen LogP contribution in [0.4, 0.5) is 5.69 Å². The molecule has 0 N–H and O–H groups in total. The monoisotopic (exact) mass is 401 g/mol. The number of pyridine rings is 1. The van der Waals surface area contributed by atoms with E-state index >= 15 is 0 Å². The van der Waals surface area contributed by atoms with Crippen molar-refractivity contribution in [2.24, 2.45) is 0 Å². The molecule has 4 rings (SSSR count). The number of hydrogen-bond acceptors (Lipinski definition) is 4. The fourth-order valence-electron chi connectivity index (χ4n) is 3.99. The Hall–Kier alpha value is -3.34. The van der Waals surface area contributed by atoms with Gasteiger partial charge in [0.2, 0.25) is 0 Å². The lowest BCUT2D eigenvalue weighted by molar-refractivity contribution is 0.0751. The number of nitrogens with zero attached hydrogens (tertiary/aromatic N) is 3. The number of carbonyl (C=O) groups excluding carboxylic acids is 1. The Bertz CT molecular complexity index is 1030. The molecule has 0 bridgehead atoms. The van der Waals surface area contributed by atoms with E-state index in [1.165, 1.54) is 11.3 Å². The summed E-state index contributed by atoms with van der Waals surface area (Å²) in [6, 6.07) is 16.1. The van der Waals surface area contributed by atoms with Crippen LogP contribution in [0.5, 0.6) is 5.75 Å². The van der Waals surface area contributed by atoms with Crippen molar-refractivity contribution >= 4 is 11.6 Å². The minimum Gasteiger partial charge on any atom is -0.488 e. The van der Waals surface area contributed by atoms with Gasteiger partial charge in [-0.05, 0) is 54.8 Å². The van der Waals surface area contributed by atoms with Gasteiger partial charge in [-0.3, -0.25) is 9.78 Å². The summed E-state index contributed by atoms with van der Waals surface area (Å²) in [7, 11) is 2.08. The molecule has 0 atom stereocenters. The maximum atomic E-state index is 13.3. The molecule has 0 spiro atoms. The first-order valence-corrected chi connectivity index (χ1v) is 10.2. The highest BCUT2D eigenvalue weighted by atomic mass is 16.5. The summed E-state index contributed by atoms with van der Waals surface area (Å²) in [6.07, 6.45) is 3.55. The standard InChI is InChI=1S/C25H27N3O2/c1-18-13-22(14-19(2)24(18)30-17-20-7-6-10-26-15-20)25(29)28-12-11-27(3)23-9-5-4-8-21(23)16-28/h4-10,13-15H,11-12,16-17H2,1-3H3. The molecule has 1 aliphatic heterocycles. The van der Waals surface area contributed by atoms with Crippen molar-refractivity contribution in [1.29, 1.82) is 0 Å². The maximum Gasteiger partial charge on any atom is 0.254 e. The van der Waals surface area contributed by atoms with Gasteiger partial charge < -0.3 is 14.5 Å². The second-order valence-corrected chi connectivity index (χ2v) is 7.87. The summed E-state index contributed by atoms with van der Waals surface area (Å²) in [5, 5.41) is 0. The molecule has 0 saturated carbocycles. The van der Waals surface area contributed by atoms with E-state index in [0.29, 0.717) is 25.3 Å². The Morgan fingerprint density at radius 3 is 2.57 bits per heavy atom. The van der Waals surface area contributed by atoms with Gasteiger partial charge in [-0.2, -0.15) is 0 Å². The molecule has 0 aliphatic carbocycles. The largest absolute Gasteiger partial charge is 0.488 e. The zero-order chi connectivity index (χ0) is 21.1. The Morgan fingerprint density at radius 2 is 1.83 bits per heavy atom. The van der Waals surface area contributed by atoms with E-state index in [0.717, 1.165) is 29.0 Å². The number of benzene rings is 2. The topological polar surface area (TPSA) is 45.7 Å². The summed E-state index contributed by atoms with van der Waals surface area (Å²) < 4.78 is 6.04. The van der Waals surface area contributed by atoms with Crippen molar-refractivity contribution < 1.29 is 9.53 Å². The molecule has 0 saturated heterocycles. The maximum absolute atomic E-state index is 13.3. The first kappa shape index (κ1) is 20.0. The fraction of sp³-hybridized carbons (Fsp3) is 0.280. The number of aryl methyl sites for hydroxylation is 2. The quantitative estimate of drug-likeness (QED) is 0.651. The number of amides is 1. The molecule has 154 valence electrons. The summed E-state index contributed by atoms with van der Waals surface area (Å²) in [5.74, 6) is 0.890. The number of hydrogen-bond donors (Lipinski definition) is 0. The van der Waals surface area contributed by atoms with Crippen LogP contribution in [-0.2, 0) is 13.2 Å². The molecule has 5 heteroatoms. The Labute approximate surface area is 177 Å². The average molecular weight is 402 g/mol. The van der Waals surface area contributed by atoms with Crippen LogP contribution in [0.3, 0.4) is 0 Å². The summed E-state index contributed by atoms with van der Waals surface area (Å²) in [4.78, 5) is 21.6. The third-order valence-corrected chi connectivity index (χ3v) is 5.57. The highest BCUT2D eigenvalue weighted by Crippen LogP contribution is 2.28. The normalized spacial score (nSPS) is 13.6. The van der Waals surface area contributed by atoms with Crippen molar-refractivity contribution in [2.45, 2.75) is 27.0 Å². The molecule has 0 unspecified atom stereocenters. The van der Waals surface area contributed by atoms with Gasteiger partial charge in [0.1, 0.15) is 12.4 Å². The van der Waals surface area contributed by atoms with E-state index in [9.17, 15) is 4.79 Å². The second kappa shape index (κ2) is 8.57. The van der Waals surface area contributed by atoms with Crippen LogP contribution in [-0.4, -0.2) is 35.9 Å². The van der Waals surface area contributed by atoms with E-state index in [1.54, 1.807) is 12.4 Å². The highest BCUT2D eigenvalue weighted by Gasteiger charge is 2.23. The lowest BCUT2D eigenvalue weighted by atomic mass is 10.0. The average Bonchev–Trinajstić information content (AvgIpc) is 2.92. The number of anilines is 1. The van der Waals surface area contributed by atoms with Crippen molar-refractivity contribution in [1.82, 2.24) is 9.88 Å². The predicted molar refractivity (Wildman–Crippen MR) is 119 cm³/mol. The van der Waals surface area contributed by atoms with Crippen LogP contribution in [0.1, 0.15) is 32.6 Å². The number of para-hydroxylation sites is 1. The van der Waals surface area contributed by atoms with Crippen LogP contribution >= 0.6 is 0 Å². The van der Waals surface area contributed by atoms with Gasteiger partial charge in [-0.1, -0.05) is 24.3 Å². The molecule has 30 heavy (non-hydrogen) atoms. The molecule has 2 heterocycles. The van der Waals surface area contributed by atoms with E-state index in [4.69, 9.17) is 4.74 Å². The van der Waals surface area contributed by atoms with Crippen molar-refractivity contribution in [2.75, 3.05) is 25.0 Å². The molecule has 3 aromatic rings. The number of rotatable bonds is 4. The van der Waals surface area contributed by atoms with E-state index in [1.807, 2.05) is 55.1 Å². The van der Waals surface area contributed by atoms with Gasteiger partial charge in [0, 0.05) is 55.9 Å². The SMILES string of the molecule is Cc1cc(C(=O)N2CCN(C)c3ccccc3C2)cc(C)c1OCc1cccnc1. The fourth-order valence-corrected chi connectivity index (χ4v) is 3.99. The predicted octanol–water partition coefficient (Wildman–Crippen LogP) is 4.37. The van der Waals surface area contributed by atoms with Crippen molar-refractivity contribution in [3.8, 4) is 5.75 Å². The van der Waals surface area contributed by atoms with Gasteiger partial charge >= 0.3 is 0 Å². The first-order valence-electron chi connectivity index (χ1n) is 10.2. The minimum atomic E-state index is 0.0603. The molecule has 1 amide bonds. The van der Waals surface area contributed by atoms with Crippen molar-refractivity contribution in [3.05, 3.63) is 88.7 Å². The minimum absolute atomic E-state index is 0.0603. The third kappa shape index (κ3) is 4.15. The molecular formula is C25H27N3O2. The molecule has 2 aromatic carbocycles. The van der Waals surface area contributed by atoms with E-state index < -0.39 is 0 Å². The number of likely N-dealkylation sites (N-methyl/N-ethyl adjacent to an activating group) is 1. The molecular weight excluding hydrogens is 374 g/mol. The zero-order valence-corrected chi connectivity index (χ0v) is 17.8. The van der Waals surface area contributed by atoms with Gasteiger partial charge in [-0.15, -0.1) is 0 Å². The zero-order valence-electron chi connectivity index (χ0n) is 17.8. The van der Waals surface area contributed by atoms with Gasteiger partial charge in [0.15, 0.2) is 0 Å². The smallest absolute Gasteiger partial charge is 0.254 e. The van der Waals surface area contributed by atoms with Gasteiger partial charge in [-0.25, -0.2) is 0 Å². The van der Waals surface area contributed by atoms with Crippen LogP contribution in [0, 0.1) is 13.8 Å². The number of carbonyl (C=O) groups is 1. The van der Waals surface area contributed by atoms with Crippen molar-refractivity contribution in [3.63, 3.8) is 0 Å². The molecule has 1 aromatic heterocycles. The van der Waals surface area contributed by atoms with Crippen LogP contribution in [0.2, 0.25) is 0 Å². The third-order valence-electron chi connectivity index (χ3n) is 5.57. The Morgan fingerprint density at radius 1 is 1.07 bits per heavy atom. The summed E-state index contributed by atoms with van der Waals surface area (Å²) in [5.41, 5.74) is 6.03. The van der Waals surface area contributed by atoms with Crippen LogP contribution < -0.4 is 9.64 Å². The van der Waals surface area contributed by atoms with Crippen LogP contribution in [0.15, 0.2) is 60.9 Å². The lowest BCUT2D eigenvalue weighted by Crippen LogP contribution is -2.34. The van der Waals surface area contributed by atoms with Gasteiger partial charge in [0.05, 0.1) is 0 Å². The summed E-state index contributed by atoms with van der Waals surface area (Å²) >= 11 is 0. The molecule has 0 fully saturated rings. The van der Waals surface area contributed by atoms with E-state index in [2.05, 4.69) is 29.1 Å². The number of ether oxygens (including phenoxy) is 1. The Kier molecular flexibility index (Phi) is 5.70. The summed E-state index contributed by atoms with van der Waals surface area (Å²) in [6.45, 7) is 6.57. The second-order valence-electron chi connectivity index (χ2n) is 7.87. The lowest BCUT2D eigenvalue weighted by Gasteiger charge is -2.22. The highest BCUT2D eigenvalue weighted by molar-refractivity contribution is 5.95. The Balaban J connectivity index is 1.53. The van der Waals surface area contributed by atoms with Crippen LogP contribution in [0.25, 0.3) is 0 Å². The van der Waals surface area contributed by atoms with E-state index in [-0.39, 0.29) is 5.91 Å².